The minimum atomic E-state index is -0.326. The molecule has 2 nitrogen and oxygen atoms in total. The SMILES string of the molecule is C=C1C[C@@H]2[C@H]3C/C(=C\c4ccccc4)[C@@H](O)[C@]3(C)CC[C@H]2[C@]2(C)CC[C@H](CO)C[C@@H]12. The number of allylic oxidation sites excluding steroid dienone is 1. The molecule has 4 aliphatic carbocycles. The summed E-state index contributed by atoms with van der Waals surface area (Å²) in [5, 5.41) is 21.2. The maximum Gasteiger partial charge on any atom is 0.0809 e. The third kappa shape index (κ3) is 2.98. The summed E-state index contributed by atoms with van der Waals surface area (Å²) in [5.74, 6) is 2.94. The van der Waals surface area contributed by atoms with Gasteiger partial charge in [-0.1, -0.05) is 62.4 Å². The van der Waals surface area contributed by atoms with Crippen molar-refractivity contribution in [2.75, 3.05) is 6.61 Å². The van der Waals surface area contributed by atoms with Crippen LogP contribution in [-0.2, 0) is 0 Å². The van der Waals surface area contributed by atoms with E-state index in [0.29, 0.717) is 35.7 Å². The van der Waals surface area contributed by atoms with E-state index in [1.165, 1.54) is 29.6 Å². The van der Waals surface area contributed by atoms with Crippen molar-refractivity contribution in [1.29, 1.82) is 0 Å². The molecule has 0 bridgehead atoms. The molecule has 1 aromatic rings. The molecule has 0 aromatic heterocycles. The molecule has 5 rings (SSSR count). The van der Waals surface area contributed by atoms with E-state index in [-0.39, 0.29) is 11.5 Å². The molecule has 0 saturated heterocycles. The zero-order chi connectivity index (χ0) is 21.1. The van der Waals surface area contributed by atoms with Gasteiger partial charge in [0.25, 0.3) is 0 Å². The molecule has 0 unspecified atom stereocenters. The van der Waals surface area contributed by atoms with Gasteiger partial charge in [0.05, 0.1) is 6.10 Å². The van der Waals surface area contributed by atoms with Crippen LogP contribution in [0.25, 0.3) is 6.08 Å². The lowest BCUT2D eigenvalue weighted by atomic mass is 9.44. The Kier molecular flexibility index (Phi) is 5.02. The topological polar surface area (TPSA) is 40.5 Å². The highest BCUT2D eigenvalue weighted by Crippen LogP contribution is 2.68. The van der Waals surface area contributed by atoms with Gasteiger partial charge in [-0.25, -0.2) is 0 Å². The lowest BCUT2D eigenvalue weighted by Crippen LogP contribution is -2.54. The Balaban J connectivity index is 1.46. The van der Waals surface area contributed by atoms with Crippen LogP contribution in [0.5, 0.6) is 0 Å². The second kappa shape index (κ2) is 7.35. The molecule has 2 N–H and O–H groups in total. The Bertz CT molecular complexity index is 841. The number of benzene rings is 1. The van der Waals surface area contributed by atoms with Gasteiger partial charge in [-0.2, -0.15) is 0 Å². The summed E-state index contributed by atoms with van der Waals surface area (Å²) in [5.41, 5.74) is 4.18. The molecule has 0 radical (unpaired) electrons. The third-order valence-electron chi connectivity index (χ3n) is 10.0. The summed E-state index contributed by atoms with van der Waals surface area (Å²) < 4.78 is 0. The van der Waals surface area contributed by atoms with Crippen molar-refractivity contribution in [3.8, 4) is 0 Å². The molecule has 0 aliphatic heterocycles. The highest BCUT2D eigenvalue weighted by atomic mass is 16.3. The van der Waals surface area contributed by atoms with E-state index in [1.54, 1.807) is 0 Å². The molecule has 162 valence electrons. The van der Waals surface area contributed by atoms with Gasteiger partial charge in [-0.05, 0) is 91.1 Å². The summed E-state index contributed by atoms with van der Waals surface area (Å²) in [7, 11) is 0. The number of aliphatic hydroxyl groups is 2. The molecule has 2 heteroatoms. The van der Waals surface area contributed by atoms with Crippen LogP contribution in [0.1, 0.15) is 64.4 Å². The fourth-order valence-corrected chi connectivity index (χ4v) is 8.25. The molecule has 30 heavy (non-hydrogen) atoms. The lowest BCUT2D eigenvalue weighted by molar-refractivity contribution is -0.108. The molecule has 1 aromatic carbocycles. The predicted octanol–water partition coefficient (Wildman–Crippen LogP) is 5.86. The van der Waals surface area contributed by atoms with Gasteiger partial charge in [-0.15, -0.1) is 0 Å². The summed E-state index contributed by atoms with van der Waals surface area (Å²) >= 11 is 0. The summed E-state index contributed by atoms with van der Waals surface area (Å²) in [4.78, 5) is 0. The van der Waals surface area contributed by atoms with Gasteiger partial charge in [0.15, 0.2) is 0 Å². The number of fused-ring (bicyclic) bond motifs is 5. The normalized spacial score (nSPS) is 46.9. The Labute approximate surface area is 182 Å². The summed E-state index contributed by atoms with van der Waals surface area (Å²) in [6.45, 7) is 9.80. The van der Waals surface area contributed by atoms with Crippen LogP contribution in [0.2, 0.25) is 0 Å². The molecule has 0 spiro atoms. The molecule has 8 atom stereocenters. The zero-order valence-corrected chi connectivity index (χ0v) is 18.7. The molecular formula is C28H38O2. The van der Waals surface area contributed by atoms with Crippen molar-refractivity contribution < 1.29 is 10.2 Å². The van der Waals surface area contributed by atoms with Crippen LogP contribution in [0.4, 0.5) is 0 Å². The van der Waals surface area contributed by atoms with Crippen molar-refractivity contribution in [2.45, 2.75) is 64.9 Å². The highest BCUT2D eigenvalue weighted by Gasteiger charge is 2.61. The minimum absolute atomic E-state index is 0.00639. The number of hydrogen-bond acceptors (Lipinski definition) is 2. The van der Waals surface area contributed by atoms with E-state index in [0.717, 1.165) is 38.0 Å². The van der Waals surface area contributed by atoms with Gasteiger partial charge in [0, 0.05) is 12.0 Å². The maximum absolute atomic E-state index is 11.4. The standard InChI is InChI=1S/C28H38O2/c1-18-13-22-23(27(2)11-9-20(17-29)15-24(18)27)10-12-28(3)25(22)16-21(26(28)30)14-19-7-5-4-6-8-19/h4-8,14,20,22-26,29-30H,1,9-13,15-17H2,2-3H3/b21-14+/t20-,22-,23+,24-,25+,26+,27-,28+/m0/s1. The van der Waals surface area contributed by atoms with Crippen LogP contribution < -0.4 is 0 Å². The van der Waals surface area contributed by atoms with E-state index in [4.69, 9.17) is 0 Å². The fraction of sp³-hybridized carbons (Fsp3) is 0.643. The molecule has 4 saturated carbocycles. The second-order valence-corrected chi connectivity index (χ2v) is 11.4. The maximum atomic E-state index is 11.4. The van der Waals surface area contributed by atoms with E-state index in [1.807, 2.05) is 0 Å². The molecule has 4 fully saturated rings. The first-order chi connectivity index (χ1) is 14.4. The first-order valence-electron chi connectivity index (χ1n) is 12.1. The van der Waals surface area contributed by atoms with E-state index < -0.39 is 0 Å². The Morgan fingerprint density at radius 3 is 2.50 bits per heavy atom. The molecular weight excluding hydrogens is 368 g/mol. The van der Waals surface area contributed by atoms with Gasteiger partial charge in [0.1, 0.15) is 0 Å². The number of hydrogen-bond donors (Lipinski definition) is 2. The number of rotatable bonds is 2. The van der Waals surface area contributed by atoms with Crippen LogP contribution in [-0.4, -0.2) is 22.9 Å². The zero-order valence-electron chi connectivity index (χ0n) is 18.7. The Hall–Kier alpha value is -1.38. The third-order valence-corrected chi connectivity index (χ3v) is 10.0. The average molecular weight is 407 g/mol. The van der Waals surface area contributed by atoms with Crippen molar-refractivity contribution in [3.63, 3.8) is 0 Å². The molecule has 0 heterocycles. The quantitative estimate of drug-likeness (QED) is 0.604. The summed E-state index contributed by atoms with van der Waals surface area (Å²) in [6, 6.07) is 10.5. The second-order valence-electron chi connectivity index (χ2n) is 11.4. The molecule has 4 aliphatic rings. The predicted molar refractivity (Wildman–Crippen MR) is 123 cm³/mol. The van der Waals surface area contributed by atoms with Crippen LogP contribution in [0.15, 0.2) is 48.1 Å². The van der Waals surface area contributed by atoms with Crippen molar-refractivity contribution in [2.24, 2.45) is 40.4 Å². The first kappa shape index (κ1) is 20.5. The highest BCUT2D eigenvalue weighted by molar-refractivity contribution is 5.55. The summed E-state index contributed by atoms with van der Waals surface area (Å²) in [6.07, 6.45) is 9.94. The number of aliphatic hydroxyl groups excluding tert-OH is 2. The van der Waals surface area contributed by atoms with Crippen LogP contribution in [0, 0.1) is 40.4 Å². The lowest BCUT2D eigenvalue weighted by Gasteiger charge is -2.61. The smallest absolute Gasteiger partial charge is 0.0809 e. The monoisotopic (exact) mass is 406 g/mol. The minimum Gasteiger partial charge on any atom is -0.396 e. The van der Waals surface area contributed by atoms with Gasteiger partial charge >= 0.3 is 0 Å². The van der Waals surface area contributed by atoms with E-state index in [9.17, 15) is 10.2 Å². The first-order valence-corrected chi connectivity index (χ1v) is 12.1. The van der Waals surface area contributed by atoms with Crippen molar-refractivity contribution >= 4 is 6.08 Å². The van der Waals surface area contributed by atoms with E-state index in [2.05, 4.69) is 56.8 Å². The van der Waals surface area contributed by atoms with Gasteiger partial charge in [0.2, 0.25) is 0 Å². The fourth-order valence-electron chi connectivity index (χ4n) is 8.25. The van der Waals surface area contributed by atoms with Crippen LogP contribution >= 0.6 is 0 Å². The van der Waals surface area contributed by atoms with Crippen molar-refractivity contribution in [1.82, 2.24) is 0 Å². The largest absolute Gasteiger partial charge is 0.396 e. The Morgan fingerprint density at radius 2 is 1.77 bits per heavy atom. The van der Waals surface area contributed by atoms with Gasteiger partial charge in [-0.3, -0.25) is 0 Å². The van der Waals surface area contributed by atoms with E-state index >= 15 is 0 Å². The van der Waals surface area contributed by atoms with Crippen LogP contribution in [0.3, 0.4) is 0 Å². The Morgan fingerprint density at radius 1 is 1.03 bits per heavy atom. The molecule has 0 amide bonds. The van der Waals surface area contributed by atoms with Gasteiger partial charge < -0.3 is 10.2 Å². The van der Waals surface area contributed by atoms with Crippen molar-refractivity contribution in [3.05, 3.63) is 53.6 Å². The average Bonchev–Trinajstić information content (AvgIpc) is 3.00.